The molecule has 2 heterocycles. The van der Waals surface area contributed by atoms with Crippen molar-refractivity contribution in [3.05, 3.63) is 102 Å². The molecule has 35 heavy (non-hydrogen) atoms. The van der Waals surface area contributed by atoms with Gasteiger partial charge in [0.1, 0.15) is 11.6 Å². The molecule has 0 spiro atoms. The zero-order chi connectivity index (χ0) is 23.8. The molecule has 0 aliphatic heterocycles. The fraction of sp³-hybridized carbons (Fsp3) is 0.172. The number of hydrogen-bond donors (Lipinski definition) is 3. The summed E-state index contributed by atoms with van der Waals surface area (Å²) < 4.78 is 1.47. The average Bonchev–Trinajstić information content (AvgIpc) is 3.65. The van der Waals surface area contributed by atoms with E-state index in [0.29, 0.717) is 19.0 Å². The van der Waals surface area contributed by atoms with Crippen LogP contribution in [-0.4, -0.2) is 30.8 Å². The first kappa shape index (κ1) is 21.2. The standard InChI is InChI=1S/C29H26N4O2/c34-27-13-14-28(35)33(27)18-20-7-4-8-21(15-20)22-9-12-25-24(17-22)29(30-23-10-11-23)32-26(31-25)16-19-5-2-1-3-6-19/h1-9,12-15,17,23,34-35H,10-11,16,18H2,(H,30,31,32). The van der Waals surface area contributed by atoms with Crippen molar-refractivity contribution in [2.45, 2.75) is 31.8 Å². The molecular weight excluding hydrogens is 436 g/mol. The maximum absolute atomic E-state index is 10.0. The van der Waals surface area contributed by atoms with Crippen LogP contribution in [0, 0.1) is 0 Å². The zero-order valence-corrected chi connectivity index (χ0v) is 19.2. The maximum atomic E-state index is 10.0. The van der Waals surface area contributed by atoms with E-state index in [0.717, 1.165) is 39.2 Å². The summed E-state index contributed by atoms with van der Waals surface area (Å²) in [5.41, 5.74) is 5.23. The van der Waals surface area contributed by atoms with Crippen molar-refractivity contribution in [2.75, 3.05) is 5.32 Å². The lowest BCUT2D eigenvalue weighted by Crippen LogP contribution is -2.07. The van der Waals surface area contributed by atoms with Crippen molar-refractivity contribution in [3.8, 4) is 22.9 Å². The number of hydrogen-bond acceptors (Lipinski definition) is 5. The van der Waals surface area contributed by atoms with E-state index in [-0.39, 0.29) is 11.8 Å². The summed E-state index contributed by atoms with van der Waals surface area (Å²) in [6.07, 6.45) is 3.03. The Morgan fingerprint density at radius 2 is 1.51 bits per heavy atom. The van der Waals surface area contributed by atoms with Gasteiger partial charge in [-0.15, -0.1) is 0 Å². The predicted molar refractivity (Wildman–Crippen MR) is 138 cm³/mol. The molecule has 6 rings (SSSR count). The molecule has 0 atom stereocenters. The minimum Gasteiger partial charge on any atom is -0.494 e. The summed E-state index contributed by atoms with van der Waals surface area (Å²) in [4.78, 5) is 9.79. The summed E-state index contributed by atoms with van der Waals surface area (Å²) >= 11 is 0. The van der Waals surface area contributed by atoms with E-state index >= 15 is 0 Å². The van der Waals surface area contributed by atoms with E-state index in [9.17, 15) is 10.2 Å². The molecule has 6 nitrogen and oxygen atoms in total. The molecule has 1 aliphatic rings. The number of aromatic nitrogens is 3. The van der Waals surface area contributed by atoms with E-state index in [1.165, 1.54) is 35.1 Å². The number of rotatable bonds is 7. The number of nitrogens with zero attached hydrogens (tertiary/aromatic N) is 3. The van der Waals surface area contributed by atoms with E-state index in [4.69, 9.17) is 9.97 Å². The van der Waals surface area contributed by atoms with Crippen LogP contribution in [0.1, 0.15) is 29.8 Å². The number of aromatic hydroxyl groups is 2. The highest BCUT2D eigenvalue weighted by Gasteiger charge is 2.23. The van der Waals surface area contributed by atoms with Gasteiger partial charge in [0.05, 0.1) is 12.1 Å². The molecule has 6 heteroatoms. The largest absolute Gasteiger partial charge is 0.494 e. The Morgan fingerprint density at radius 3 is 2.29 bits per heavy atom. The normalized spacial score (nSPS) is 13.3. The highest BCUT2D eigenvalue weighted by atomic mass is 16.3. The Bertz CT molecular complexity index is 1490. The summed E-state index contributed by atoms with van der Waals surface area (Å²) in [5.74, 6) is 1.78. The van der Waals surface area contributed by atoms with Crippen LogP contribution in [0.5, 0.6) is 11.8 Å². The van der Waals surface area contributed by atoms with Crippen molar-refractivity contribution in [2.24, 2.45) is 0 Å². The van der Waals surface area contributed by atoms with Crippen molar-refractivity contribution < 1.29 is 10.2 Å². The second-order valence-corrected chi connectivity index (χ2v) is 9.14. The summed E-state index contributed by atoms with van der Waals surface area (Å²) in [6, 6.07) is 28.2. The van der Waals surface area contributed by atoms with Crippen molar-refractivity contribution >= 4 is 16.7 Å². The number of benzene rings is 3. The second-order valence-electron chi connectivity index (χ2n) is 9.14. The Hall–Kier alpha value is -4.32. The molecule has 0 bridgehead atoms. The molecule has 1 fully saturated rings. The topological polar surface area (TPSA) is 83.2 Å². The molecule has 0 radical (unpaired) electrons. The van der Waals surface area contributed by atoms with Gasteiger partial charge in [-0.3, -0.25) is 4.57 Å². The van der Waals surface area contributed by atoms with Gasteiger partial charge in [0.25, 0.3) is 0 Å². The smallest absolute Gasteiger partial charge is 0.194 e. The SMILES string of the molecule is Oc1ccc(O)n1Cc1cccc(-c2ccc3nc(Cc4ccccc4)nc(NC4CC4)c3c2)c1. The molecular formula is C29H26N4O2. The van der Waals surface area contributed by atoms with Gasteiger partial charge in [0, 0.05) is 30.0 Å². The summed E-state index contributed by atoms with van der Waals surface area (Å²) in [6.45, 7) is 0.381. The molecule has 1 saturated carbocycles. The van der Waals surface area contributed by atoms with Gasteiger partial charge in [-0.05, 0) is 53.3 Å². The highest BCUT2D eigenvalue weighted by Crippen LogP contribution is 2.32. The minimum atomic E-state index is 0.0397. The lowest BCUT2D eigenvalue weighted by Gasteiger charge is -2.13. The third kappa shape index (κ3) is 4.55. The van der Waals surface area contributed by atoms with Crippen molar-refractivity contribution in [1.29, 1.82) is 0 Å². The zero-order valence-electron chi connectivity index (χ0n) is 19.2. The molecule has 5 aromatic rings. The quantitative estimate of drug-likeness (QED) is 0.288. The molecule has 174 valence electrons. The lowest BCUT2D eigenvalue weighted by molar-refractivity contribution is 0.377. The predicted octanol–water partition coefficient (Wildman–Crippen LogP) is 5.72. The Labute approximate surface area is 203 Å². The van der Waals surface area contributed by atoms with Crippen LogP contribution in [0.3, 0.4) is 0 Å². The first-order valence-electron chi connectivity index (χ1n) is 11.9. The van der Waals surface area contributed by atoms with E-state index < -0.39 is 0 Å². The molecule has 0 unspecified atom stereocenters. The number of nitrogens with one attached hydrogen (secondary N) is 1. The average molecular weight is 463 g/mol. The van der Waals surface area contributed by atoms with Gasteiger partial charge in [0.2, 0.25) is 0 Å². The molecule has 2 aromatic heterocycles. The van der Waals surface area contributed by atoms with Crippen LogP contribution in [0.15, 0.2) is 84.9 Å². The first-order valence-corrected chi connectivity index (χ1v) is 11.9. The Kier molecular flexibility index (Phi) is 5.34. The van der Waals surface area contributed by atoms with E-state index in [1.807, 2.05) is 30.3 Å². The third-order valence-corrected chi connectivity index (χ3v) is 6.40. The second kappa shape index (κ2) is 8.80. The van der Waals surface area contributed by atoms with Crippen LogP contribution < -0.4 is 5.32 Å². The van der Waals surface area contributed by atoms with Gasteiger partial charge in [-0.2, -0.15) is 0 Å². The monoisotopic (exact) mass is 462 g/mol. The summed E-state index contributed by atoms with van der Waals surface area (Å²) in [7, 11) is 0. The van der Waals surface area contributed by atoms with Crippen LogP contribution in [0.2, 0.25) is 0 Å². The molecule has 3 N–H and O–H groups in total. The van der Waals surface area contributed by atoms with Gasteiger partial charge in [-0.1, -0.05) is 54.6 Å². The fourth-order valence-corrected chi connectivity index (χ4v) is 4.38. The van der Waals surface area contributed by atoms with Gasteiger partial charge < -0.3 is 15.5 Å². The Morgan fingerprint density at radius 1 is 0.771 bits per heavy atom. The summed E-state index contributed by atoms with van der Waals surface area (Å²) in [5, 5.41) is 24.6. The first-order chi connectivity index (χ1) is 17.1. The maximum Gasteiger partial charge on any atom is 0.194 e. The van der Waals surface area contributed by atoms with Crippen molar-refractivity contribution in [1.82, 2.24) is 14.5 Å². The van der Waals surface area contributed by atoms with Crippen LogP contribution >= 0.6 is 0 Å². The van der Waals surface area contributed by atoms with Crippen molar-refractivity contribution in [3.63, 3.8) is 0 Å². The van der Waals surface area contributed by atoms with Crippen LogP contribution in [0.4, 0.5) is 5.82 Å². The van der Waals surface area contributed by atoms with E-state index in [1.54, 1.807) is 0 Å². The van der Waals surface area contributed by atoms with Gasteiger partial charge >= 0.3 is 0 Å². The van der Waals surface area contributed by atoms with Gasteiger partial charge in [0.15, 0.2) is 11.8 Å². The molecule has 1 aliphatic carbocycles. The molecule has 3 aromatic carbocycles. The Balaban J connectivity index is 1.36. The fourth-order valence-electron chi connectivity index (χ4n) is 4.38. The highest BCUT2D eigenvalue weighted by molar-refractivity contribution is 5.93. The number of anilines is 1. The van der Waals surface area contributed by atoms with Crippen LogP contribution in [-0.2, 0) is 13.0 Å². The van der Waals surface area contributed by atoms with Crippen LogP contribution in [0.25, 0.3) is 22.0 Å². The third-order valence-electron chi connectivity index (χ3n) is 6.40. The number of fused-ring (bicyclic) bond motifs is 1. The lowest BCUT2D eigenvalue weighted by atomic mass is 10.0. The molecule has 0 amide bonds. The van der Waals surface area contributed by atoms with E-state index in [2.05, 4.69) is 47.8 Å². The van der Waals surface area contributed by atoms with Gasteiger partial charge in [-0.25, -0.2) is 9.97 Å². The minimum absolute atomic E-state index is 0.0397. The molecule has 0 saturated heterocycles.